The van der Waals surface area contributed by atoms with Crippen molar-refractivity contribution in [3.63, 3.8) is 0 Å². The van der Waals surface area contributed by atoms with Gasteiger partial charge in [-0.05, 0) is 18.6 Å². The van der Waals surface area contributed by atoms with Crippen molar-refractivity contribution in [2.45, 2.75) is 33.1 Å². The topological polar surface area (TPSA) is 63.8 Å². The van der Waals surface area contributed by atoms with Gasteiger partial charge in [0.2, 0.25) is 0 Å². The Morgan fingerprint density at radius 2 is 1.85 bits per heavy atom. The zero-order chi connectivity index (χ0) is 14.9. The lowest BCUT2D eigenvalue weighted by molar-refractivity contribution is 0.568. The fourth-order valence-corrected chi connectivity index (χ4v) is 1.77. The van der Waals surface area contributed by atoms with Crippen molar-refractivity contribution in [1.29, 1.82) is 0 Å². The summed E-state index contributed by atoms with van der Waals surface area (Å²) in [6.45, 7) is 7.87. The Labute approximate surface area is 118 Å². The quantitative estimate of drug-likeness (QED) is 0.652. The summed E-state index contributed by atoms with van der Waals surface area (Å²) in [4.78, 5) is 8.81. The molecule has 5 heteroatoms. The van der Waals surface area contributed by atoms with Crippen molar-refractivity contribution >= 4 is 5.82 Å². The summed E-state index contributed by atoms with van der Waals surface area (Å²) in [5.41, 5.74) is 4.46. The molecule has 2 aromatic rings. The third-order valence-electron chi connectivity index (χ3n) is 3.07. The summed E-state index contributed by atoms with van der Waals surface area (Å²) in [5.74, 6) is 6.16. The van der Waals surface area contributed by atoms with Crippen LogP contribution in [0.2, 0.25) is 0 Å². The normalized spacial score (nSPS) is 11.5. The molecular formula is C15H19FN4. The molecule has 0 saturated heterocycles. The third-order valence-corrected chi connectivity index (χ3v) is 3.07. The number of nitrogens with two attached hydrogens (primary N) is 1. The fraction of sp³-hybridized carbons (Fsp3) is 0.333. The number of hydrogen-bond acceptors (Lipinski definition) is 4. The number of benzene rings is 1. The van der Waals surface area contributed by atoms with Gasteiger partial charge in [-0.3, -0.25) is 0 Å². The van der Waals surface area contributed by atoms with Gasteiger partial charge in [0.1, 0.15) is 11.6 Å². The lowest BCUT2D eigenvalue weighted by atomic mass is 9.92. The van der Waals surface area contributed by atoms with Crippen LogP contribution in [-0.2, 0) is 5.41 Å². The number of nitrogens with zero attached hydrogens (tertiary/aromatic N) is 2. The summed E-state index contributed by atoms with van der Waals surface area (Å²) < 4.78 is 13.7. The predicted molar refractivity (Wildman–Crippen MR) is 78.7 cm³/mol. The molecule has 106 valence electrons. The molecule has 0 saturated carbocycles. The minimum atomic E-state index is -0.269. The van der Waals surface area contributed by atoms with E-state index in [9.17, 15) is 4.39 Å². The predicted octanol–water partition coefficient (Wildman–Crippen LogP) is 3.17. The van der Waals surface area contributed by atoms with Crippen LogP contribution in [0.15, 0.2) is 24.3 Å². The molecule has 0 spiro atoms. The Hall–Kier alpha value is -2.01. The second-order valence-electron chi connectivity index (χ2n) is 5.82. The average molecular weight is 274 g/mol. The molecule has 0 aliphatic heterocycles. The molecule has 4 nitrogen and oxygen atoms in total. The molecule has 1 aromatic heterocycles. The monoisotopic (exact) mass is 274 g/mol. The van der Waals surface area contributed by atoms with E-state index in [1.165, 1.54) is 6.07 Å². The first-order valence-corrected chi connectivity index (χ1v) is 6.44. The zero-order valence-corrected chi connectivity index (χ0v) is 12.2. The summed E-state index contributed by atoms with van der Waals surface area (Å²) in [5, 5.41) is 0. The molecule has 0 bridgehead atoms. The Kier molecular flexibility index (Phi) is 3.72. The van der Waals surface area contributed by atoms with Gasteiger partial charge in [0.15, 0.2) is 5.82 Å². The van der Waals surface area contributed by atoms with E-state index in [0.717, 1.165) is 5.69 Å². The summed E-state index contributed by atoms with van der Waals surface area (Å²) >= 11 is 0. The molecule has 0 radical (unpaired) electrons. The van der Waals surface area contributed by atoms with Crippen LogP contribution in [0.5, 0.6) is 0 Å². The van der Waals surface area contributed by atoms with Crippen molar-refractivity contribution in [1.82, 2.24) is 9.97 Å². The third kappa shape index (κ3) is 2.93. The molecule has 20 heavy (non-hydrogen) atoms. The minimum absolute atomic E-state index is 0.146. The highest BCUT2D eigenvalue weighted by atomic mass is 19.1. The molecule has 1 heterocycles. The first-order valence-electron chi connectivity index (χ1n) is 6.44. The highest BCUT2D eigenvalue weighted by Gasteiger charge is 2.18. The standard InChI is InChI=1S/C15H19FN4/c1-9-5-6-10(7-11(9)16)14-18-12(15(2,3)4)8-13(19-14)20-17/h5-8H,17H2,1-4H3,(H,18,19,20). The number of rotatable bonds is 2. The van der Waals surface area contributed by atoms with Gasteiger partial charge in [-0.15, -0.1) is 0 Å². The lowest BCUT2D eigenvalue weighted by Crippen LogP contribution is -2.17. The van der Waals surface area contributed by atoms with Crippen LogP contribution in [0.3, 0.4) is 0 Å². The molecular weight excluding hydrogens is 255 g/mol. The number of aryl methyl sites for hydroxylation is 1. The van der Waals surface area contributed by atoms with Crippen LogP contribution >= 0.6 is 0 Å². The SMILES string of the molecule is Cc1ccc(-c2nc(NN)cc(C(C)(C)C)n2)cc1F. The highest BCUT2D eigenvalue weighted by Crippen LogP contribution is 2.26. The molecule has 3 N–H and O–H groups in total. The first kappa shape index (κ1) is 14.4. The van der Waals surface area contributed by atoms with Crippen molar-refractivity contribution in [3.8, 4) is 11.4 Å². The van der Waals surface area contributed by atoms with Gasteiger partial charge in [0, 0.05) is 17.0 Å². The van der Waals surface area contributed by atoms with Crippen LogP contribution in [0.25, 0.3) is 11.4 Å². The molecule has 0 aliphatic rings. The van der Waals surface area contributed by atoms with Crippen LogP contribution in [0.4, 0.5) is 10.2 Å². The van der Waals surface area contributed by atoms with Crippen LogP contribution in [-0.4, -0.2) is 9.97 Å². The van der Waals surface area contributed by atoms with Crippen molar-refractivity contribution in [2.75, 3.05) is 5.43 Å². The van der Waals surface area contributed by atoms with Gasteiger partial charge >= 0.3 is 0 Å². The van der Waals surface area contributed by atoms with Gasteiger partial charge < -0.3 is 5.43 Å². The van der Waals surface area contributed by atoms with E-state index in [2.05, 4.69) is 36.2 Å². The Bertz CT molecular complexity index is 632. The first-order chi connectivity index (χ1) is 9.31. The molecule has 2 rings (SSSR count). The largest absolute Gasteiger partial charge is 0.308 e. The van der Waals surface area contributed by atoms with Crippen LogP contribution in [0, 0.1) is 12.7 Å². The average Bonchev–Trinajstić information content (AvgIpc) is 2.40. The van der Waals surface area contributed by atoms with E-state index in [-0.39, 0.29) is 11.2 Å². The van der Waals surface area contributed by atoms with E-state index >= 15 is 0 Å². The molecule has 0 atom stereocenters. The number of hydrazine groups is 1. The van der Waals surface area contributed by atoms with Crippen LogP contribution in [0.1, 0.15) is 32.0 Å². The fourth-order valence-electron chi connectivity index (χ4n) is 1.77. The van der Waals surface area contributed by atoms with Gasteiger partial charge in [-0.1, -0.05) is 32.9 Å². The van der Waals surface area contributed by atoms with E-state index in [4.69, 9.17) is 5.84 Å². The van der Waals surface area contributed by atoms with Crippen molar-refractivity contribution in [3.05, 3.63) is 41.3 Å². The summed E-state index contributed by atoms with van der Waals surface area (Å²) in [6.07, 6.45) is 0. The molecule has 0 amide bonds. The highest BCUT2D eigenvalue weighted by molar-refractivity contribution is 5.58. The van der Waals surface area contributed by atoms with Crippen molar-refractivity contribution in [2.24, 2.45) is 5.84 Å². The maximum Gasteiger partial charge on any atom is 0.161 e. The Balaban J connectivity index is 2.58. The Morgan fingerprint density at radius 1 is 1.15 bits per heavy atom. The van der Waals surface area contributed by atoms with Crippen LogP contribution < -0.4 is 11.3 Å². The number of nitrogens with one attached hydrogen (secondary N) is 1. The zero-order valence-electron chi connectivity index (χ0n) is 12.2. The molecule has 0 unspecified atom stereocenters. The summed E-state index contributed by atoms with van der Waals surface area (Å²) in [6, 6.07) is 6.76. The van der Waals surface area contributed by atoms with Gasteiger partial charge in [0.05, 0.1) is 5.69 Å². The Morgan fingerprint density at radius 3 is 2.40 bits per heavy atom. The molecule has 0 fully saturated rings. The number of hydrogen-bond donors (Lipinski definition) is 2. The number of aromatic nitrogens is 2. The van der Waals surface area contributed by atoms with E-state index in [1.54, 1.807) is 25.1 Å². The minimum Gasteiger partial charge on any atom is -0.308 e. The number of nitrogen functional groups attached to an aromatic ring is 1. The van der Waals surface area contributed by atoms with E-state index in [1.807, 2.05) is 0 Å². The lowest BCUT2D eigenvalue weighted by Gasteiger charge is -2.19. The van der Waals surface area contributed by atoms with E-state index < -0.39 is 0 Å². The number of halogens is 1. The maximum atomic E-state index is 13.7. The van der Waals surface area contributed by atoms with Gasteiger partial charge in [-0.25, -0.2) is 20.2 Å². The second kappa shape index (κ2) is 5.17. The van der Waals surface area contributed by atoms with E-state index in [0.29, 0.717) is 22.8 Å². The molecule has 0 aliphatic carbocycles. The summed E-state index contributed by atoms with van der Waals surface area (Å²) in [7, 11) is 0. The molecule has 1 aromatic carbocycles. The smallest absolute Gasteiger partial charge is 0.161 e. The van der Waals surface area contributed by atoms with Crippen molar-refractivity contribution < 1.29 is 4.39 Å². The second-order valence-corrected chi connectivity index (χ2v) is 5.82. The van der Waals surface area contributed by atoms with Gasteiger partial charge in [0.25, 0.3) is 0 Å². The maximum absolute atomic E-state index is 13.7. The van der Waals surface area contributed by atoms with Gasteiger partial charge in [-0.2, -0.15) is 0 Å². The number of anilines is 1.